The number of fused-ring (bicyclic) bond motifs is 1. The first-order valence-electron chi connectivity index (χ1n) is 7.17. The van der Waals surface area contributed by atoms with Crippen LogP contribution in [0.15, 0.2) is 47.4 Å². The molecule has 2 aromatic carbocycles. The minimum atomic E-state index is -0.841. The van der Waals surface area contributed by atoms with E-state index in [9.17, 15) is 9.59 Å². The predicted molar refractivity (Wildman–Crippen MR) is 89.1 cm³/mol. The van der Waals surface area contributed by atoms with Crippen molar-refractivity contribution in [1.29, 1.82) is 0 Å². The average molecular weight is 317 g/mol. The smallest absolute Gasteiger partial charge is 0.303 e. The van der Waals surface area contributed by atoms with Crippen molar-refractivity contribution in [2.45, 2.75) is 30.7 Å². The topological polar surface area (TPSA) is 66.4 Å². The van der Waals surface area contributed by atoms with Gasteiger partial charge in [-0.2, -0.15) is 0 Å². The molecule has 0 saturated carbocycles. The molecular formula is C17H19NO3S. The van der Waals surface area contributed by atoms with E-state index in [0.29, 0.717) is 12.2 Å². The van der Waals surface area contributed by atoms with Crippen LogP contribution in [0.3, 0.4) is 0 Å². The lowest BCUT2D eigenvalue weighted by Gasteiger charge is -2.12. The van der Waals surface area contributed by atoms with Crippen LogP contribution in [0.4, 0.5) is 0 Å². The summed E-state index contributed by atoms with van der Waals surface area (Å²) in [6.07, 6.45) is 0.515. The van der Waals surface area contributed by atoms with Gasteiger partial charge in [-0.05, 0) is 36.2 Å². The van der Waals surface area contributed by atoms with E-state index in [1.807, 2.05) is 37.3 Å². The van der Waals surface area contributed by atoms with Crippen molar-refractivity contribution >= 4 is 34.4 Å². The Hall–Kier alpha value is -2.01. The van der Waals surface area contributed by atoms with Gasteiger partial charge in [0.15, 0.2) is 0 Å². The van der Waals surface area contributed by atoms with Crippen LogP contribution in [0, 0.1) is 0 Å². The SMILES string of the molecule is CC(CCC(=O)O)NC(=O)CSc1ccc2ccccc2c1. The second kappa shape index (κ2) is 7.84. The maximum absolute atomic E-state index is 11.9. The molecule has 0 aliphatic carbocycles. The van der Waals surface area contributed by atoms with E-state index >= 15 is 0 Å². The van der Waals surface area contributed by atoms with Gasteiger partial charge in [0.2, 0.25) is 5.91 Å². The zero-order chi connectivity index (χ0) is 15.9. The van der Waals surface area contributed by atoms with Crippen molar-refractivity contribution < 1.29 is 14.7 Å². The fraction of sp³-hybridized carbons (Fsp3) is 0.294. The van der Waals surface area contributed by atoms with Crippen LogP contribution in [0.2, 0.25) is 0 Å². The molecule has 0 aliphatic rings. The van der Waals surface area contributed by atoms with E-state index in [2.05, 4.69) is 17.4 Å². The highest BCUT2D eigenvalue weighted by Gasteiger charge is 2.09. The minimum Gasteiger partial charge on any atom is -0.481 e. The second-order valence-electron chi connectivity index (χ2n) is 5.20. The molecule has 0 aromatic heterocycles. The Bertz CT molecular complexity index is 672. The molecule has 0 radical (unpaired) electrons. The second-order valence-corrected chi connectivity index (χ2v) is 6.25. The van der Waals surface area contributed by atoms with E-state index < -0.39 is 5.97 Å². The van der Waals surface area contributed by atoms with Crippen LogP contribution in [0.25, 0.3) is 10.8 Å². The van der Waals surface area contributed by atoms with E-state index in [1.54, 1.807) is 0 Å². The van der Waals surface area contributed by atoms with Crippen LogP contribution in [-0.2, 0) is 9.59 Å². The standard InChI is InChI=1S/C17H19NO3S/c1-12(6-9-17(20)21)18-16(19)11-22-15-8-7-13-4-2-3-5-14(13)10-15/h2-5,7-8,10,12H,6,9,11H2,1H3,(H,18,19)(H,20,21). The summed E-state index contributed by atoms with van der Waals surface area (Å²) in [5, 5.41) is 13.8. The van der Waals surface area contributed by atoms with Crippen molar-refractivity contribution in [2.24, 2.45) is 0 Å². The highest BCUT2D eigenvalue weighted by Crippen LogP contribution is 2.23. The minimum absolute atomic E-state index is 0.0687. The fourth-order valence-corrected chi connectivity index (χ4v) is 2.89. The Morgan fingerprint density at radius 2 is 1.91 bits per heavy atom. The van der Waals surface area contributed by atoms with Crippen LogP contribution >= 0.6 is 11.8 Å². The number of amides is 1. The Labute approximate surface area is 133 Å². The first kappa shape index (κ1) is 16.4. The van der Waals surface area contributed by atoms with Gasteiger partial charge in [0.05, 0.1) is 5.75 Å². The van der Waals surface area contributed by atoms with E-state index in [1.165, 1.54) is 17.1 Å². The first-order valence-corrected chi connectivity index (χ1v) is 8.16. The van der Waals surface area contributed by atoms with Crippen molar-refractivity contribution in [3.05, 3.63) is 42.5 Å². The Morgan fingerprint density at radius 1 is 1.18 bits per heavy atom. The van der Waals surface area contributed by atoms with Crippen molar-refractivity contribution in [1.82, 2.24) is 5.32 Å². The Morgan fingerprint density at radius 3 is 2.64 bits per heavy atom. The lowest BCUT2D eigenvalue weighted by atomic mass is 10.1. The van der Waals surface area contributed by atoms with Crippen molar-refractivity contribution in [3.8, 4) is 0 Å². The highest BCUT2D eigenvalue weighted by atomic mass is 32.2. The third-order valence-corrected chi connectivity index (χ3v) is 4.28. The molecule has 1 atom stereocenters. The molecule has 2 rings (SSSR count). The molecule has 0 fully saturated rings. The summed E-state index contributed by atoms with van der Waals surface area (Å²) in [5.41, 5.74) is 0. The summed E-state index contributed by atoms with van der Waals surface area (Å²) in [6.45, 7) is 1.82. The summed E-state index contributed by atoms with van der Waals surface area (Å²) >= 11 is 1.48. The highest BCUT2D eigenvalue weighted by molar-refractivity contribution is 8.00. The molecule has 0 spiro atoms. The lowest BCUT2D eigenvalue weighted by molar-refractivity contribution is -0.137. The molecule has 0 saturated heterocycles. The van der Waals surface area contributed by atoms with Gasteiger partial charge in [-0.3, -0.25) is 9.59 Å². The predicted octanol–water partition coefficient (Wildman–Crippen LogP) is 3.30. The number of nitrogens with one attached hydrogen (secondary N) is 1. The van der Waals surface area contributed by atoms with Crippen LogP contribution < -0.4 is 5.32 Å². The van der Waals surface area contributed by atoms with Crippen LogP contribution in [0.1, 0.15) is 19.8 Å². The molecule has 2 aromatic rings. The summed E-state index contributed by atoms with van der Waals surface area (Å²) in [5.74, 6) is -0.585. The number of thioether (sulfide) groups is 1. The number of hydrogen-bond acceptors (Lipinski definition) is 3. The number of carbonyl (C=O) groups is 2. The molecule has 0 heterocycles. The number of carboxylic acid groups (broad SMARTS) is 1. The lowest BCUT2D eigenvalue weighted by Crippen LogP contribution is -2.34. The van der Waals surface area contributed by atoms with Crippen molar-refractivity contribution in [2.75, 3.05) is 5.75 Å². The molecule has 5 heteroatoms. The van der Waals surface area contributed by atoms with Gasteiger partial charge < -0.3 is 10.4 Å². The largest absolute Gasteiger partial charge is 0.481 e. The maximum atomic E-state index is 11.9. The van der Waals surface area contributed by atoms with Gasteiger partial charge in [-0.15, -0.1) is 11.8 Å². The third kappa shape index (κ3) is 5.07. The number of benzene rings is 2. The summed E-state index contributed by atoms with van der Waals surface area (Å²) in [4.78, 5) is 23.4. The Balaban J connectivity index is 1.83. The number of carbonyl (C=O) groups excluding carboxylic acids is 1. The van der Waals surface area contributed by atoms with Gasteiger partial charge in [-0.25, -0.2) is 0 Å². The molecule has 0 aliphatic heterocycles. The van der Waals surface area contributed by atoms with Crippen LogP contribution in [0.5, 0.6) is 0 Å². The maximum Gasteiger partial charge on any atom is 0.303 e. The molecular weight excluding hydrogens is 298 g/mol. The number of carboxylic acids is 1. The van der Waals surface area contributed by atoms with Gasteiger partial charge in [0, 0.05) is 17.4 Å². The zero-order valence-electron chi connectivity index (χ0n) is 12.4. The molecule has 116 valence electrons. The third-order valence-electron chi connectivity index (χ3n) is 3.29. The zero-order valence-corrected chi connectivity index (χ0v) is 13.2. The summed E-state index contributed by atoms with van der Waals surface area (Å²) < 4.78 is 0. The molecule has 1 amide bonds. The number of aliphatic carboxylic acids is 1. The average Bonchev–Trinajstić information content (AvgIpc) is 2.50. The monoisotopic (exact) mass is 317 g/mol. The van der Waals surface area contributed by atoms with Gasteiger partial charge in [0.1, 0.15) is 0 Å². The quantitative estimate of drug-likeness (QED) is 0.769. The first-order chi connectivity index (χ1) is 10.5. The molecule has 22 heavy (non-hydrogen) atoms. The molecule has 2 N–H and O–H groups in total. The number of rotatable bonds is 7. The van der Waals surface area contributed by atoms with Crippen molar-refractivity contribution in [3.63, 3.8) is 0 Å². The van der Waals surface area contributed by atoms with E-state index in [0.717, 1.165) is 10.3 Å². The Kier molecular flexibility index (Phi) is 5.83. The van der Waals surface area contributed by atoms with Gasteiger partial charge in [0.25, 0.3) is 0 Å². The normalized spacial score (nSPS) is 12.0. The molecule has 0 bridgehead atoms. The summed E-state index contributed by atoms with van der Waals surface area (Å²) in [7, 11) is 0. The van der Waals surface area contributed by atoms with E-state index in [-0.39, 0.29) is 18.4 Å². The van der Waals surface area contributed by atoms with Crippen LogP contribution in [-0.4, -0.2) is 28.8 Å². The number of hydrogen-bond donors (Lipinski definition) is 2. The molecule has 1 unspecified atom stereocenters. The fourth-order valence-electron chi connectivity index (χ4n) is 2.13. The van der Waals surface area contributed by atoms with E-state index in [4.69, 9.17) is 5.11 Å². The van der Waals surface area contributed by atoms with Gasteiger partial charge in [-0.1, -0.05) is 30.3 Å². The van der Waals surface area contributed by atoms with Gasteiger partial charge >= 0.3 is 5.97 Å². The summed E-state index contributed by atoms with van der Waals surface area (Å²) in [6, 6.07) is 14.1. The molecule has 4 nitrogen and oxygen atoms in total.